The zero-order valence-corrected chi connectivity index (χ0v) is 9.39. The molecule has 0 aliphatic carbocycles. The number of rotatable bonds is 2. The van der Waals surface area contributed by atoms with Crippen LogP contribution in [0.3, 0.4) is 0 Å². The molecule has 2 nitrogen and oxygen atoms in total. The van der Waals surface area contributed by atoms with E-state index in [0.717, 1.165) is 19.4 Å². The van der Waals surface area contributed by atoms with E-state index in [1.165, 1.54) is 4.88 Å². The topological polar surface area (TPSA) is 38.0 Å². The lowest BCUT2D eigenvalue weighted by molar-refractivity contribution is 0.316. The van der Waals surface area contributed by atoms with Crippen LogP contribution >= 0.6 is 11.3 Å². The second kappa shape index (κ2) is 4.43. The summed E-state index contributed by atoms with van der Waals surface area (Å²) in [5.74, 6) is 0.632. The van der Waals surface area contributed by atoms with Crippen molar-refractivity contribution in [3.05, 3.63) is 22.4 Å². The fourth-order valence-corrected chi connectivity index (χ4v) is 3.05. The first-order valence-electron chi connectivity index (χ1n) is 5.33. The molecule has 3 N–H and O–H groups in total. The Balaban J connectivity index is 1.99. The normalized spacial score (nSPS) is 33.1. The SMILES string of the molecule is CCC1NCC(c2cccs2)CC1N. The van der Waals surface area contributed by atoms with Gasteiger partial charge < -0.3 is 11.1 Å². The summed E-state index contributed by atoms with van der Waals surface area (Å²) < 4.78 is 0. The van der Waals surface area contributed by atoms with Gasteiger partial charge in [0.1, 0.15) is 0 Å². The molecule has 1 fully saturated rings. The van der Waals surface area contributed by atoms with Crippen molar-refractivity contribution in [3.8, 4) is 0 Å². The van der Waals surface area contributed by atoms with Gasteiger partial charge in [-0.15, -0.1) is 11.3 Å². The summed E-state index contributed by atoms with van der Waals surface area (Å²) >= 11 is 1.84. The van der Waals surface area contributed by atoms with Crippen LogP contribution in [0.25, 0.3) is 0 Å². The van der Waals surface area contributed by atoms with Gasteiger partial charge in [0.05, 0.1) is 0 Å². The van der Waals surface area contributed by atoms with Gasteiger partial charge in [0.15, 0.2) is 0 Å². The first-order valence-corrected chi connectivity index (χ1v) is 6.21. The summed E-state index contributed by atoms with van der Waals surface area (Å²) in [5, 5.41) is 5.68. The van der Waals surface area contributed by atoms with E-state index in [-0.39, 0.29) is 0 Å². The van der Waals surface area contributed by atoms with Crippen molar-refractivity contribution >= 4 is 11.3 Å². The smallest absolute Gasteiger partial charge is 0.0216 e. The fraction of sp³-hybridized carbons (Fsp3) is 0.636. The van der Waals surface area contributed by atoms with Gasteiger partial charge in [0.2, 0.25) is 0 Å². The molecule has 2 heterocycles. The van der Waals surface area contributed by atoms with Crippen LogP contribution in [-0.4, -0.2) is 18.6 Å². The molecule has 2 rings (SSSR count). The maximum atomic E-state index is 6.13. The number of nitrogens with two attached hydrogens (primary N) is 1. The molecular formula is C11H18N2S. The Hall–Kier alpha value is -0.380. The third-order valence-corrected chi connectivity index (χ3v) is 4.12. The van der Waals surface area contributed by atoms with E-state index < -0.39 is 0 Å². The molecule has 1 aromatic rings. The quantitative estimate of drug-likeness (QED) is 0.783. The summed E-state index contributed by atoms with van der Waals surface area (Å²) in [6, 6.07) is 5.18. The lowest BCUT2D eigenvalue weighted by Crippen LogP contribution is -2.51. The summed E-state index contributed by atoms with van der Waals surface area (Å²) in [6.07, 6.45) is 2.27. The molecule has 78 valence electrons. The summed E-state index contributed by atoms with van der Waals surface area (Å²) in [7, 11) is 0. The van der Waals surface area contributed by atoms with Gasteiger partial charge in [-0.05, 0) is 24.3 Å². The number of hydrogen-bond donors (Lipinski definition) is 2. The third kappa shape index (κ3) is 2.00. The first kappa shape index (κ1) is 10.1. The molecule has 0 aromatic carbocycles. The summed E-state index contributed by atoms with van der Waals surface area (Å²) in [5.41, 5.74) is 6.13. The Morgan fingerprint density at radius 2 is 2.50 bits per heavy atom. The maximum absolute atomic E-state index is 6.13. The van der Waals surface area contributed by atoms with Crippen LogP contribution in [0.1, 0.15) is 30.6 Å². The molecule has 0 amide bonds. The number of nitrogens with one attached hydrogen (secondary N) is 1. The fourth-order valence-electron chi connectivity index (χ4n) is 2.21. The van der Waals surface area contributed by atoms with Gasteiger partial charge in [-0.2, -0.15) is 0 Å². The first-order chi connectivity index (χ1) is 6.81. The van der Waals surface area contributed by atoms with Gasteiger partial charge in [-0.25, -0.2) is 0 Å². The van der Waals surface area contributed by atoms with Crippen LogP contribution < -0.4 is 11.1 Å². The zero-order valence-electron chi connectivity index (χ0n) is 8.57. The monoisotopic (exact) mass is 210 g/mol. The lowest BCUT2D eigenvalue weighted by atomic mass is 9.88. The van der Waals surface area contributed by atoms with E-state index in [2.05, 4.69) is 29.8 Å². The highest BCUT2D eigenvalue weighted by atomic mass is 32.1. The largest absolute Gasteiger partial charge is 0.326 e. The molecule has 3 heteroatoms. The van der Waals surface area contributed by atoms with Crippen LogP contribution in [0.5, 0.6) is 0 Å². The number of thiophene rings is 1. The highest BCUT2D eigenvalue weighted by Crippen LogP contribution is 2.28. The molecule has 1 aliphatic rings. The minimum Gasteiger partial charge on any atom is -0.326 e. The van der Waals surface area contributed by atoms with Crippen molar-refractivity contribution in [1.82, 2.24) is 5.32 Å². The van der Waals surface area contributed by atoms with Crippen LogP contribution in [0.2, 0.25) is 0 Å². The second-order valence-electron chi connectivity index (χ2n) is 4.03. The molecule has 3 atom stereocenters. The van der Waals surface area contributed by atoms with Crippen molar-refractivity contribution < 1.29 is 0 Å². The molecule has 0 bridgehead atoms. The molecular weight excluding hydrogens is 192 g/mol. The van der Waals surface area contributed by atoms with E-state index in [0.29, 0.717) is 18.0 Å². The van der Waals surface area contributed by atoms with Gasteiger partial charge >= 0.3 is 0 Å². The molecule has 14 heavy (non-hydrogen) atoms. The molecule has 0 radical (unpaired) electrons. The van der Waals surface area contributed by atoms with E-state index in [9.17, 15) is 0 Å². The third-order valence-electron chi connectivity index (χ3n) is 3.09. The van der Waals surface area contributed by atoms with Crippen LogP contribution in [0.15, 0.2) is 17.5 Å². The Morgan fingerprint density at radius 1 is 1.64 bits per heavy atom. The van der Waals surface area contributed by atoms with Gasteiger partial charge in [0, 0.05) is 29.4 Å². The molecule has 1 saturated heterocycles. The number of piperidine rings is 1. The number of hydrogen-bond acceptors (Lipinski definition) is 3. The van der Waals surface area contributed by atoms with Crippen molar-refractivity contribution in [2.45, 2.75) is 37.8 Å². The van der Waals surface area contributed by atoms with Crippen molar-refractivity contribution in [2.24, 2.45) is 5.73 Å². The van der Waals surface area contributed by atoms with Crippen LogP contribution in [0, 0.1) is 0 Å². The lowest BCUT2D eigenvalue weighted by Gasteiger charge is -2.34. The van der Waals surface area contributed by atoms with E-state index in [1.54, 1.807) is 0 Å². The van der Waals surface area contributed by atoms with Crippen LogP contribution in [0.4, 0.5) is 0 Å². The van der Waals surface area contributed by atoms with Crippen molar-refractivity contribution in [2.75, 3.05) is 6.54 Å². The molecule has 0 spiro atoms. The molecule has 0 saturated carbocycles. The van der Waals surface area contributed by atoms with Gasteiger partial charge in [0.25, 0.3) is 0 Å². The van der Waals surface area contributed by atoms with Gasteiger partial charge in [-0.3, -0.25) is 0 Å². The Bertz CT molecular complexity index is 271. The average molecular weight is 210 g/mol. The Labute approximate surface area is 89.5 Å². The minimum atomic E-state index is 0.320. The zero-order chi connectivity index (χ0) is 9.97. The summed E-state index contributed by atoms with van der Waals surface area (Å²) in [6.45, 7) is 3.29. The second-order valence-corrected chi connectivity index (χ2v) is 5.01. The average Bonchev–Trinajstić information content (AvgIpc) is 2.70. The molecule has 3 unspecified atom stereocenters. The van der Waals surface area contributed by atoms with E-state index >= 15 is 0 Å². The maximum Gasteiger partial charge on any atom is 0.0216 e. The molecule has 1 aliphatic heterocycles. The van der Waals surface area contributed by atoms with E-state index in [4.69, 9.17) is 5.73 Å². The Morgan fingerprint density at radius 3 is 3.07 bits per heavy atom. The predicted octanol–water partition coefficient (Wildman–Crippen LogP) is 1.93. The van der Waals surface area contributed by atoms with Crippen molar-refractivity contribution in [1.29, 1.82) is 0 Å². The molecule has 1 aromatic heterocycles. The van der Waals surface area contributed by atoms with E-state index in [1.807, 2.05) is 11.3 Å². The predicted molar refractivity (Wildman–Crippen MR) is 61.7 cm³/mol. The highest BCUT2D eigenvalue weighted by Gasteiger charge is 2.27. The highest BCUT2D eigenvalue weighted by molar-refractivity contribution is 7.10. The summed E-state index contributed by atoms with van der Waals surface area (Å²) in [4.78, 5) is 1.47. The minimum absolute atomic E-state index is 0.320. The van der Waals surface area contributed by atoms with Crippen LogP contribution in [-0.2, 0) is 0 Å². The standard InChI is InChI=1S/C11H18N2S/c1-2-10-9(12)6-8(7-13-10)11-4-3-5-14-11/h3-5,8-10,13H,2,6-7,12H2,1H3. The Kier molecular flexibility index (Phi) is 3.21. The van der Waals surface area contributed by atoms with Gasteiger partial charge in [-0.1, -0.05) is 13.0 Å². The van der Waals surface area contributed by atoms with Crippen molar-refractivity contribution in [3.63, 3.8) is 0 Å².